The molecule has 126 valence electrons. The highest BCUT2D eigenvalue weighted by Crippen LogP contribution is 2.25. The Balaban J connectivity index is 1.63. The Bertz CT molecular complexity index is 659. The van der Waals surface area contributed by atoms with Crippen molar-refractivity contribution in [1.29, 1.82) is 0 Å². The lowest BCUT2D eigenvalue weighted by molar-refractivity contribution is -0.138. The summed E-state index contributed by atoms with van der Waals surface area (Å²) in [6.07, 6.45) is -2.95. The number of rotatable bonds is 4. The topological polar surface area (TPSA) is 47.2 Å². The third-order valence-electron chi connectivity index (χ3n) is 4.18. The molecular weight excluding hydrogens is 307 g/mol. The number of hydrogen-bond donors (Lipinski definition) is 2. The Kier molecular flexibility index (Phi) is 4.34. The Morgan fingerprint density at radius 2 is 1.96 bits per heavy atom. The van der Waals surface area contributed by atoms with E-state index in [4.69, 9.17) is 0 Å². The van der Waals surface area contributed by atoms with Gasteiger partial charge >= 0.3 is 6.18 Å². The van der Waals surface area contributed by atoms with Crippen molar-refractivity contribution in [2.45, 2.75) is 12.6 Å². The van der Waals surface area contributed by atoms with E-state index in [-0.39, 0.29) is 6.54 Å². The summed E-state index contributed by atoms with van der Waals surface area (Å²) in [6.45, 7) is 2.71. The SMILES string of the molecule is CNc1c[nH]c2ccc(N3CCN(CCC(F)(F)F)CC3)nc12. The first-order valence-electron chi connectivity index (χ1n) is 7.66. The fourth-order valence-electron chi connectivity index (χ4n) is 2.84. The highest BCUT2D eigenvalue weighted by atomic mass is 19.4. The molecule has 0 bridgehead atoms. The van der Waals surface area contributed by atoms with Gasteiger partial charge in [-0.15, -0.1) is 0 Å². The molecule has 3 heterocycles. The van der Waals surface area contributed by atoms with E-state index >= 15 is 0 Å². The van der Waals surface area contributed by atoms with Gasteiger partial charge in [-0.2, -0.15) is 13.2 Å². The third kappa shape index (κ3) is 3.69. The fourth-order valence-corrected chi connectivity index (χ4v) is 2.84. The van der Waals surface area contributed by atoms with Crippen LogP contribution in [0.2, 0.25) is 0 Å². The number of nitrogens with zero attached hydrogens (tertiary/aromatic N) is 3. The smallest absolute Gasteiger partial charge is 0.385 e. The molecule has 0 spiro atoms. The second-order valence-corrected chi connectivity index (χ2v) is 5.71. The van der Waals surface area contributed by atoms with Gasteiger partial charge < -0.3 is 15.2 Å². The van der Waals surface area contributed by atoms with Crippen LogP contribution < -0.4 is 10.2 Å². The molecule has 0 radical (unpaired) electrons. The molecule has 2 aromatic rings. The number of anilines is 2. The van der Waals surface area contributed by atoms with Gasteiger partial charge in [-0.05, 0) is 12.1 Å². The average molecular weight is 327 g/mol. The van der Waals surface area contributed by atoms with Gasteiger partial charge in [0.25, 0.3) is 0 Å². The van der Waals surface area contributed by atoms with E-state index in [2.05, 4.69) is 20.2 Å². The minimum absolute atomic E-state index is 0.0749. The van der Waals surface area contributed by atoms with Gasteiger partial charge in [-0.1, -0.05) is 0 Å². The van der Waals surface area contributed by atoms with Crippen molar-refractivity contribution in [2.24, 2.45) is 0 Å². The zero-order valence-corrected chi connectivity index (χ0v) is 13.0. The predicted molar refractivity (Wildman–Crippen MR) is 85.0 cm³/mol. The first-order chi connectivity index (χ1) is 11.0. The Morgan fingerprint density at radius 3 is 2.61 bits per heavy atom. The molecule has 2 aromatic heterocycles. The van der Waals surface area contributed by atoms with Crippen LogP contribution in [0, 0.1) is 0 Å². The van der Waals surface area contributed by atoms with Gasteiger partial charge in [0.15, 0.2) is 0 Å². The molecule has 1 saturated heterocycles. The molecule has 0 saturated carbocycles. The van der Waals surface area contributed by atoms with E-state index in [0.29, 0.717) is 26.2 Å². The van der Waals surface area contributed by atoms with Gasteiger partial charge in [-0.3, -0.25) is 4.90 Å². The third-order valence-corrected chi connectivity index (χ3v) is 4.18. The fraction of sp³-hybridized carbons (Fsp3) is 0.533. The van der Waals surface area contributed by atoms with Crippen LogP contribution in [0.25, 0.3) is 11.0 Å². The monoisotopic (exact) mass is 327 g/mol. The van der Waals surface area contributed by atoms with E-state index in [1.54, 1.807) is 0 Å². The van der Waals surface area contributed by atoms with E-state index in [0.717, 1.165) is 22.5 Å². The summed E-state index contributed by atoms with van der Waals surface area (Å²) in [5.41, 5.74) is 2.78. The Hall–Kier alpha value is -1.96. The first kappa shape index (κ1) is 15.9. The number of fused-ring (bicyclic) bond motifs is 1. The average Bonchev–Trinajstić information content (AvgIpc) is 2.95. The van der Waals surface area contributed by atoms with Crippen LogP contribution in [-0.2, 0) is 0 Å². The van der Waals surface area contributed by atoms with Gasteiger partial charge in [0, 0.05) is 46.0 Å². The number of nitrogens with one attached hydrogen (secondary N) is 2. The standard InChI is InChI=1S/C15H20F3N5/c1-19-12-10-20-11-2-3-13(21-14(11)12)23-8-6-22(7-9-23)5-4-15(16,17)18/h2-3,10,19-20H,4-9H2,1H3. The molecule has 8 heteroatoms. The first-order valence-corrected chi connectivity index (χ1v) is 7.66. The molecule has 0 aliphatic carbocycles. The number of aromatic amines is 1. The van der Waals surface area contributed by atoms with Crippen molar-refractivity contribution in [1.82, 2.24) is 14.9 Å². The largest absolute Gasteiger partial charge is 0.390 e. The predicted octanol–water partition coefficient (Wildman–Crippen LogP) is 2.68. The zero-order chi connectivity index (χ0) is 16.4. The van der Waals surface area contributed by atoms with Crippen molar-refractivity contribution in [2.75, 3.05) is 50.0 Å². The summed E-state index contributed by atoms with van der Waals surface area (Å²) in [5, 5.41) is 3.09. The van der Waals surface area contributed by atoms with Gasteiger partial charge in [0.1, 0.15) is 11.3 Å². The van der Waals surface area contributed by atoms with Gasteiger partial charge in [-0.25, -0.2) is 4.98 Å². The Morgan fingerprint density at radius 1 is 1.22 bits per heavy atom. The molecule has 0 unspecified atom stereocenters. The number of piperazine rings is 1. The normalized spacial score (nSPS) is 17.0. The van der Waals surface area contributed by atoms with E-state index in [1.807, 2.05) is 30.3 Å². The van der Waals surface area contributed by atoms with Crippen LogP contribution in [-0.4, -0.2) is 60.8 Å². The molecule has 1 aliphatic rings. The molecule has 0 atom stereocenters. The maximum absolute atomic E-state index is 12.3. The quantitative estimate of drug-likeness (QED) is 0.906. The lowest BCUT2D eigenvalue weighted by Crippen LogP contribution is -2.47. The lowest BCUT2D eigenvalue weighted by atomic mass is 10.2. The van der Waals surface area contributed by atoms with Crippen molar-refractivity contribution in [3.8, 4) is 0 Å². The van der Waals surface area contributed by atoms with Gasteiger partial charge in [0.05, 0.1) is 17.6 Å². The van der Waals surface area contributed by atoms with Gasteiger partial charge in [0.2, 0.25) is 0 Å². The second-order valence-electron chi connectivity index (χ2n) is 5.71. The molecule has 0 aromatic carbocycles. The minimum atomic E-state index is -4.08. The zero-order valence-electron chi connectivity index (χ0n) is 13.0. The molecule has 0 amide bonds. The highest BCUT2D eigenvalue weighted by molar-refractivity contribution is 5.89. The van der Waals surface area contributed by atoms with Crippen molar-refractivity contribution in [3.05, 3.63) is 18.3 Å². The summed E-state index contributed by atoms with van der Waals surface area (Å²) in [6, 6.07) is 3.93. The minimum Gasteiger partial charge on any atom is -0.385 e. The summed E-state index contributed by atoms with van der Waals surface area (Å²) >= 11 is 0. The van der Waals surface area contributed by atoms with E-state index < -0.39 is 12.6 Å². The van der Waals surface area contributed by atoms with Crippen molar-refractivity contribution < 1.29 is 13.2 Å². The van der Waals surface area contributed by atoms with E-state index in [1.165, 1.54) is 0 Å². The number of pyridine rings is 1. The second kappa shape index (κ2) is 6.27. The molecule has 3 rings (SSSR count). The van der Waals surface area contributed by atoms with Crippen LogP contribution in [0.4, 0.5) is 24.7 Å². The molecule has 5 nitrogen and oxygen atoms in total. The highest BCUT2D eigenvalue weighted by Gasteiger charge is 2.28. The summed E-state index contributed by atoms with van der Waals surface area (Å²) in [7, 11) is 1.84. The van der Waals surface area contributed by atoms with Crippen LogP contribution in [0.1, 0.15) is 6.42 Å². The van der Waals surface area contributed by atoms with Crippen molar-refractivity contribution in [3.63, 3.8) is 0 Å². The summed E-state index contributed by atoms with van der Waals surface area (Å²) in [5.74, 6) is 0.865. The van der Waals surface area contributed by atoms with Crippen LogP contribution >= 0.6 is 0 Å². The van der Waals surface area contributed by atoms with Crippen LogP contribution in [0.15, 0.2) is 18.3 Å². The summed E-state index contributed by atoms with van der Waals surface area (Å²) in [4.78, 5) is 11.8. The lowest BCUT2D eigenvalue weighted by Gasteiger charge is -2.35. The molecule has 23 heavy (non-hydrogen) atoms. The maximum atomic E-state index is 12.3. The number of aromatic nitrogens is 2. The van der Waals surface area contributed by atoms with E-state index in [9.17, 15) is 13.2 Å². The molecule has 1 fully saturated rings. The van der Waals surface area contributed by atoms with Crippen LogP contribution in [0.3, 0.4) is 0 Å². The number of H-pyrrole nitrogens is 1. The number of halogens is 3. The van der Waals surface area contributed by atoms with Crippen LogP contribution in [0.5, 0.6) is 0 Å². The molecular formula is C15H20F3N5. The molecule has 1 aliphatic heterocycles. The number of alkyl halides is 3. The number of hydrogen-bond acceptors (Lipinski definition) is 4. The van der Waals surface area contributed by atoms with Crippen molar-refractivity contribution >= 4 is 22.5 Å². The Labute approximate surface area is 132 Å². The molecule has 2 N–H and O–H groups in total. The summed E-state index contributed by atoms with van der Waals surface area (Å²) < 4.78 is 36.9. The maximum Gasteiger partial charge on any atom is 0.390 e.